The Morgan fingerprint density at radius 3 is 1.39 bits per heavy atom. The first kappa shape index (κ1) is 10.1. The summed E-state index contributed by atoms with van der Waals surface area (Å²) in [6.07, 6.45) is 22.5. The summed E-state index contributed by atoms with van der Waals surface area (Å²) in [6, 6.07) is 0. The van der Waals surface area contributed by atoms with E-state index in [1.165, 1.54) is 22.3 Å². The number of hydrogen-bond donors (Lipinski definition) is 0. The minimum Gasteiger partial charge on any atom is -0.0617 e. The van der Waals surface area contributed by atoms with Crippen LogP contribution in [0.3, 0.4) is 0 Å². The summed E-state index contributed by atoms with van der Waals surface area (Å²) in [6.45, 7) is 4.77. The Bertz CT molecular complexity index is 600. The first-order chi connectivity index (χ1) is 8.67. The van der Waals surface area contributed by atoms with Gasteiger partial charge in [0.25, 0.3) is 0 Å². The lowest BCUT2D eigenvalue weighted by Crippen LogP contribution is -2.46. The van der Waals surface area contributed by atoms with Gasteiger partial charge >= 0.3 is 0 Å². The van der Waals surface area contributed by atoms with Crippen LogP contribution in [0.5, 0.6) is 0 Å². The van der Waals surface area contributed by atoms with Gasteiger partial charge in [0.2, 0.25) is 0 Å². The van der Waals surface area contributed by atoms with Crippen LogP contribution in [0.15, 0.2) is 83.1 Å². The van der Waals surface area contributed by atoms with Crippen LogP contribution in [-0.4, -0.2) is 0 Å². The van der Waals surface area contributed by atoms with Crippen LogP contribution in [0.1, 0.15) is 13.8 Å². The molecule has 0 heteroatoms. The third-order valence-corrected chi connectivity index (χ3v) is 5.30. The largest absolute Gasteiger partial charge is 0.0617 e. The third kappa shape index (κ3) is 0.871. The minimum absolute atomic E-state index is 0.0805. The number of rotatable bonds is 0. The Hall–Kier alpha value is -1.82. The van der Waals surface area contributed by atoms with Gasteiger partial charge in [-0.1, -0.05) is 74.6 Å². The molecule has 0 amide bonds. The zero-order valence-corrected chi connectivity index (χ0v) is 10.8. The highest BCUT2D eigenvalue weighted by Gasteiger charge is 2.55. The fraction of sp³-hybridized carbons (Fsp3) is 0.222. The summed E-state index contributed by atoms with van der Waals surface area (Å²) >= 11 is 0. The van der Waals surface area contributed by atoms with Crippen molar-refractivity contribution in [2.24, 2.45) is 10.8 Å². The van der Waals surface area contributed by atoms with Crippen LogP contribution >= 0.6 is 0 Å². The van der Waals surface area contributed by atoms with Gasteiger partial charge in [-0.3, -0.25) is 0 Å². The van der Waals surface area contributed by atoms with E-state index in [4.69, 9.17) is 0 Å². The van der Waals surface area contributed by atoms with Gasteiger partial charge in [0, 0.05) is 10.8 Å². The van der Waals surface area contributed by atoms with Gasteiger partial charge in [0.15, 0.2) is 0 Å². The summed E-state index contributed by atoms with van der Waals surface area (Å²) in [4.78, 5) is 0. The van der Waals surface area contributed by atoms with E-state index in [-0.39, 0.29) is 10.8 Å². The molecule has 18 heavy (non-hydrogen) atoms. The van der Waals surface area contributed by atoms with Crippen LogP contribution in [0.4, 0.5) is 0 Å². The first-order valence-electron chi connectivity index (χ1n) is 6.56. The maximum Gasteiger partial charge on any atom is 0.0309 e. The molecule has 0 aliphatic heterocycles. The Labute approximate surface area is 108 Å². The van der Waals surface area contributed by atoms with Crippen LogP contribution in [0.2, 0.25) is 0 Å². The van der Waals surface area contributed by atoms with Gasteiger partial charge in [0.1, 0.15) is 0 Å². The molecule has 0 radical (unpaired) electrons. The van der Waals surface area contributed by atoms with Gasteiger partial charge in [-0.05, 0) is 22.3 Å². The van der Waals surface area contributed by atoms with Crippen molar-refractivity contribution in [3.8, 4) is 0 Å². The number of hydrogen-bond acceptors (Lipinski definition) is 0. The summed E-state index contributed by atoms with van der Waals surface area (Å²) in [5, 5.41) is 0. The summed E-state index contributed by atoms with van der Waals surface area (Å²) in [5.41, 5.74) is 5.87. The summed E-state index contributed by atoms with van der Waals surface area (Å²) < 4.78 is 0. The molecule has 2 atom stereocenters. The van der Waals surface area contributed by atoms with Crippen molar-refractivity contribution < 1.29 is 0 Å². The molecule has 0 bridgehead atoms. The second kappa shape index (κ2) is 2.95. The standard InChI is InChI=1S/C18H16/c1-17-13-5-3-6-14(17)10-12-16-8-4-7-15(11-9-13)18(16,17)2/h3-12H,1-2H3. The van der Waals surface area contributed by atoms with Gasteiger partial charge in [0.05, 0.1) is 0 Å². The van der Waals surface area contributed by atoms with E-state index in [2.05, 4.69) is 74.6 Å². The molecule has 0 spiro atoms. The quantitative estimate of drug-likeness (QED) is 0.579. The van der Waals surface area contributed by atoms with Gasteiger partial charge in [-0.15, -0.1) is 0 Å². The maximum absolute atomic E-state index is 2.39. The molecular formula is C18H16. The second-order valence-electron chi connectivity index (χ2n) is 5.79. The van der Waals surface area contributed by atoms with Crippen molar-refractivity contribution >= 4 is 0 Å². The predicted molar refractivity (Wildman–Crippen MR) is 76.0 cm³/mol. The van der Waals surface area contributed by atoms with Crippen molar-refractivity contribution in [3.63, 3.8) is 0 Å². The molecule has 0 N–H and O–H groups in total. The highest BCUT2D eigenvalue weighted by atomic mass is 14.6. The van der Waals surface area contributed by atoms with E-state index in [0.29, 0.717) is 0 Å². The van der Waals surface area contributed by atoms with Crippen molar-refractivity contribution in [2.45, 2.75) is 13.8 Å². The Kier molecular flexibility index (Phi) is 1.66. The van der Waals surface area contributed by atoms with E-state index in [9.17, 15) is 0 Å². The van der Waals surface area contributed by atoms with Crippen LogP contribution in [0, 0.1) is 10.8 Å². The van der Waals surface area contributed by atoms with E-state index < -0.39 is 0 Å². The average molecular weight is 232 g/mol. The Balaban J connectivity index is 2.15. The highest BCUT2D eigenvalue weighted by molar-refractivity contribution is 5.66. The molecule has 4 aliphatic carbocycles. The summed E-state index contributed by atoms with van der Waals surface area (Å²) in [5.74, 6) is 0. The molecule has 0 nitrogen and oxygen atoms in total. The topological polar surface area (TPSA) is 0 Å². The zero-order valence-electron chi connectivity index (χ0n) is 10.8. The van der Waals surface area contributed by atoms with Crippen molar-refractivity contribution in [1.29, 1.82) is 0 Å². The minimum atomic E-state index is 0.0805. The molecule has 0 saturated heterocycles. The molecule has 2 unspecified atom stereocenters. The highest BCUT2D eigenvalue weighted by Crippen LogP contribution is 2.64. The van der Waals surface area contributed by atoms with Gasteiger partial charge in [-0.2, -0.15) is 0 Å². The fourth-order valence-electron chi connectivity index (χ4n) is 3.91. The molecule has 0 aromatic heterocycles. The predicted octanol–water partition coefficient (Wildman–Crippen LogP) is 4.43. The van der Waals surface area contributed by atoms with Crippen molar-refractivity contribution in [1.82, 2.24) is 0 Å². The molecule has 0 fully saturated rings. The number of allylic oxidation sites excluding steroid dienone is 14. The van der Waals surface area contributed by atoms with Crippen molar-refractivity contribution in [2.75, 3.05) is 0 Å². The second-order valence-corrected chi connectivity index (χ2v) is 5.79. The molecule has 88 valence electrons. The first-order valence-corrected chi connectivity index (χ1v) is 6.56. The Morgan fingerprint density at radius 1 is 0.556 bits per heavy atom. The Morgan fingerprint density at radius 2 is 0.944 bits per heavy atom. The van der Waals surface area contributed by atoms with Crippen LogP contribution in [0.25, 0.3) is 0 Å². The van der Waals surface area contributed by atoms with Crippen LogP contribution < -0.4 is 0 Å². The lowest BCUT2D eigenvalue weighted by atomic mass is 9.47. The average Bonchev–Trinajstić information content (AvgIpc) is 2.37. The lowest BCUT2D eigenvalue weighted by Gasteiger charge is -2.55. The monoisotopic (exact) mass is 232 g/mol. The molecule has 0 heterocycles. The summed E-state index contributed by atoms with van der Waals surface area (Å²) in [7, 11) is 0. The van der Waals surface area contributed by atoms with E-state index in [0.717, 1.165) is 0 Å². The third-order valence-electron chi connectivity index (χ3n) is 5.30. The fourth-order valence-corrected chi connectivity index (χ4v) is 3.91. The molecular weight excluding hydrogens is 216 g/mol. The zero-order chi connectivity index (χ0) is 12.4. The SMILES string of the molecule is CC12C3=CC=CC1=CC=C1C=CC=C(C=C3)C12C. The lowest BCUT2D eigenvalue weighted by molar-refractivity contribution is 0.249. The van der Waals surface area contributed by atoms with E-state index in [1.54, 1.807) is 0 Å². The normalized spacial score (nSPS) is 38.6. The molecule has 4 rings (SSSR count). The maximum atomic E-state index is 2.39. The molecule has 4 aliphatic rings. The van der Waals surface area contributed by atoms with Gasteiger partial charge < -0.3 is 0 Å². The van der Waals surface area contributed by atoms with Crippen molar-refractivity contribution in [3.05, 3.63) is 83.1 Å². The van der Waals surface area contributed by atoms with E-state index >= 15 is 0 Å². The van der Waals surface area contributed by atoms with Crippen LogP contribution in [-0.2, 0) is 0 Å². The molecule has 0 aromatic rings. The van der Waals surface area contributed by atoms with E-state index in [1.807, 2.05) is 0 Å². The van der Waals surface area contributed by atoms with Gasteiger partial charge in [-0.25, -0.2) is 0 Å². The molecule has 0 aromatic carbocycles. The smallest absolute Gasteiger partial charge is 0.0309 e. The molecule has 0 saturated carbocycles.